The number of sulfonamides is 1. The largest absolute Gasteiger partial charge is 0.375 e. The Bertz CT molecular complexity index is 483. The van der Waals surface area contributed by atoms with E-state index in [1.165, 1.54) is 11.3 Å². The highest BCUT2D eigenvalue weighted by atomic mass is 32.2. The number of thiazole rings is 1. The summed E-state index contributed by atoms with van der Waals surface area (Å²) in [5.41, 5.74) is 6.03. The van der Waals surface area contributed by atoms with Gasteiger partial charge in [0.05, 0.1) is 17.9 Å². The number of nitrogens with one attached hydrogen (secondary N) is 1. The molecule has 1 aromatic heterocycles. The predicted molar refractivity (Wildman–Crippen MR) is 65.8 cm³/mol. The van der Waals surface area contributed by atoms with Gasteiger partial charge in [0, 0.05) is 11.9 Å². The average Bonchev–Trinajstić information content (AvgIpc) is 2.57. The Kier molecular flexibility index (Phi) is 4.85. The second-order valence-corrected chi connectivity index (χ2v) is 6.05. The zero-order valence-corrected chi connectivity index (χ0v) is 10.7. The molecule has 0 bridgehead atoms. The number of anilines is 1. The van der Waals surface area contributed by atoms with E-state index in [2.05, 4.69) is 10.3 Å². The molecule has 1 rings (SSSR count). The third kappa shape index (κ3) is 6.19. The lowest BCUT2D eigenvalue weighted by atomic mass is 10.3. The summed E-state index contributed by atoms with van der Waals surface area (Å²) in [6.45, 7) is 0.273. The molecule has 9 heteroatoms. The lowest BCUT2D eigenvalue weighted by Crippen LogP contribution is -2.28. The van der Waals surface area contributed by atoms with Gasteiger partial charge in [-0.05, 0) is 6.42 Å². The Hall–Kier alpha value is -1.19. The van der Waals surface area contributed by atoms with Gasteiger partial charge in [0.25, 0.3) is 0 Å². The summed E-state index contributed by atoms with van der Waals surface area (Å²) >= 11 is 1.27. The number of nitrogens with zero attached hydrogens (tertiary/aromatic N) is 1. The smallest absolute Gasteiger partial charge is 0.226 e. The number of amides is 1. The second kappa shape index (κ2) is 5.94. The number of rotatable bonds is 6. The average molecular weight is 278 g/mol. The fourth-order valence-corrected chi connectivity index (χ4v) is 2.24. The highest BCUT2D eigenvalue weighted by Gasteiger charge is 2.07. The van der Waals surface area contributed by atoms with Crippen LogP contribution in [0, 0.1) is 0 Å². The van der Waals surface area contributed by atoms with Crippen LogP contribution >= 0.6 is 11.3 Å². The molecule has 0 aliphatic rings. The first-order valence-electron chi connectivity index (χ1n) is 4.84. The molecule has 0 spiro atoms. The topological polar surface area (TPSA) is 128 Å². The summed E-state index contributed by atoms with van der Waals surface area (Å²) in [5, 5.41) is 9.52. The van der Waals surface area contributed by atoms with Crippen molar-refractivity contribution in [1.29, 1.82) is 0 Å². The molecule has 0 saturated heterocycles. The van der Waals surface area contributed by atoms with Crippen molar-refractivity contribution >= 4 is 32.4 Å². The van der Waals surface area contributed by atoms with Gasteiger partial charge in [-0.3, -0.25) is 4.79 Å². The van der Waals surface area contributed by atoms with Gasteiger partial charge in [-0.2, -0.15) is 0 Å². The summed E-state index contributed by atoms with van der Waals surface area (Å²) in [4.78, 5) is 15.3. The predicted octanol–water partition coefficient (Wildman–Crippen LogP) is -0.937. The van der Waals surface area contributed by atoms with E-state index in [1.54, 1.807) is 5.38 Å². The van der Waals surface area contributed by atoms with Crippen molar-refractivity contribution in [2.75, 3.05) is 18.0 Å². The van der Waals surface area contributed by atoms with Gasteiger partial charge in [-0.15, -0.1) is 11.3 Å². The molecule has 1 amide bonds. The number of hydrogen-bond acceptors (Lipinski definition) is 6. The molecule has 0 atom stereocenters. The van der Waals surface area contributed by atoms with E-state index in [4.69, 9.17) is 10.9 Å². The van der Waals surface area contributed by atoms with Crippen LogP contribution < -0.4 is 16.2 Å². The summed E-state index contributed by atoms with van der Waals surface area (Å²) in [6, 6.07) is 0. The maximum absolute atomic E-state index is 11.4. The monoisotopic (exact) mass is 278 g/mol. The van der Waals surface area contributed by atoms with Crippen LogP contribution in [0.25, 0.3) is 0 Å². The third-order valence-electron chi connectivity index (χ3n) is 1.84. The van der Waals surface area contributed by atoms with Gasteiger partial charge in [-0.1, -0.05) is 0 Å². The Morgan fingerprint density at radius 1 is 1.53 bits per heavy atom. The second-order valence-electron chi connectivity index (χ2n) is 3.42. The number of nitrogens with two attached hydrogens (primary N) is 2. The Labute approximate surface area is 103 Å². The highest BCUT2D eigenvalue weighted by Crippen LogP contribution is 2.11. The third-order valence-corrected chi connectivity index (χ3v) is 3.42. The van der Waals surface area contributed by atoms with Gasteiger partial charge in [0.15, 0.2) is 5.13 Å². The van der Waals surface area contributed by atoms with Gasteiger partial charge in [-0.25, -0.2) is 18.5 Å². The van der Waals surface area contributed by atoms with E-state index < -0.39 is 10.0 Å². The van der Waals surface area contributed by atoms with Gasteiger partial charge in [0.2, 0.25) is 15.9 Å². The van der Waals surface area contributed by atoms with E-state index in [0.717, 1.165) is 0 Å². The molecule has 0 saturated carbocycles. The summed E-state index contributed by atoms with van der Waals surface area (Å²) in [7, 11) is -3.46. The number of primary sulfonamides is 1. The number of hydrogen-bond donors (Lipinski definition) is 3. The Morgan fingerprint density at radius 3 is 2.76 bits per heavy atom. The molecule has 0 aromatic carbocycles. The molecule has 0 aliphatic carbocycles. The van der Waals surface area contributed by atoms with Gasteiger partial charge < -0.3 is 11.1 Å². The van der Waals surface area contributed by atoms with Crippen molar-refractivity contribution in [3.63, 3.8) is 0 Å². The Balaban J connectivity index is 2.22. The molecular weight excluding hydrogens is 264 g/mol. The van der Waals surface area contributed by atoms with Crippen molar-refractivity contribution in [2.45, 2.75) is 12.8 Å². The van der Waals surface area contributed by atoms with E-state index in [9.17, 15) is 13.2 Å². The van der Waals surface area contributed by atoms with Crippen molar-refractivity contribution in [2.24, 2.45) is 5.14 Å². The number of nitrogen functional groups attached to an aromatic ring is 1. The van der Waals surface area contributed by atoms with Crippen molar-refractivity contribution in [3.8, 4) is 0 Å². The van der Waals surface area contributed by atoms with Crippen LogP contribution in [0.2, 0.25) is 0 Å². The van der Waals surface area contributed by atoms with Crippen molar-refractivity contribution in [1.82, 2.24) is 10.3 Å². The summed E-state index contributed by atoms with van der Waals surface area (Å²) in [6.07, 6.45) is 0.437. The fraction of sp³-hybridized carbons (Fsp3) is 0.500. The zero-order valence-electron chi connectivity index (χ0n) is 9.05. The number of carbonyl (C=O) groups excluding carboxylic acids is 1. The molecule has 0 unspecified atom stereocenters. The quantitative estimate of drug-likeness (QED) is 0.579. The minimum absolute atomic E-state index is 0.142. The first-order valence-corrected chi connectivity index (χ1v) is 7.43. The molecule has 7 nitrogen and oxygen atoms in total. The Morgan fingerprint density at radius 2 is 2.24 bits per heavy atom. The summed E-state index contributed by atoms with van der Waals surface area (Å²) in [5.74, 6) is -0.360. The standard InChI is InChI=1S/C8H14N4O3S2/c9-8-12-6(5-16-8)4-7(13)11-2-1-3-17(10,14)15/h5H,1-4H2,(H2,9,12)(H,11,13)(H2,10,14,15). The molecule has 5 N–H and O–H groups in total. The minimum Gasteiger partial charge on any atom is -0.375 e. The number of aromatic nitrogens is 1. The van der Waals surface area contributed by atoms with Crippen molar-refractivity contribution < 1.29 is 13.2 Å². The van der Waals surface area contributed by atoms with E-state index in [-0.39, 0.29) is 24.6 Å². The van der Waals surface area contributed by atoms with Crippen LogP contribution in [0.1, 0.15) is 12.1 Å². The van der Waals surface area contributed by atoms with Crippen molar-refractivity contribution in [3.05, 3.63) is 11.1 Å². The normalized spacial score (nSPS) is 11.4. The zero-order chi connectivity index (χ0) is 12.9. The first-order chi connectivity index (χ1) is 7.87. The van der Waals surface area contributed by atoms with E-state index in [0.29, 0.717) is 17.2 Å². The lowest BCUT2D eigenvalue weighted by molar-refractivity contribution is -0.120. The molecule has 0 fully saturated rings. The molecule has 0 aliphatic heterocycles. The molecule has 1 aromatic rings. The highest BCUT2D eigenvalue weighted by molar-refractivity contribution is 7.89. The fourth-order valence-electron chi connectivity index (χ4n) is 1.13. The maximum atomic E-state index is 11.4. The number of carbonyl (C=O) groups is 1. The molecule has 96 valence electrons. The van der Waals surface area contributed by atoms with E-state index >= 15 is 0 Å². The molecule has 0 radical (unpaired) electrons. The van der Waals surface area contributed by atoms with Crippen LogP contribution in [-0.4, -0.2) is 31.6 Å². The van der Waals surface area contributed by atoms with Crippen LogP contribution in [-0.2, 0) is 21.2 Å². The van der Waals surface area contributed by atoms with Crippen LogP contribution in [0.3, 0.4) is 0 Å². The van der Waals surface area contributed by atoms with Gasteiger partial charge in [0.1, 0.15) is 0 Å². The SMILES string of the molecule is Nc1nc(CC(=O)NCCCS(N)(=O)=O)cs1. The summed E-state index contributed by atoms with van der Waals surface area (Å²) < 4.78 is 21.2. The van der Waals surface area contributed by atoms with Crippen LogP contribution in [0.4, 0.5) is 5.13 Å². The van der Waals surface area contributed by atoms with E-state index in [1.807, 2.05) is 0 Å². The van der Waals surface area contributed by atoms with Crippen LogP contribution in [0.5, 0.6) is 0 Å². The minimum atomic E-state index is -3.46. The van der Waals surface area contributed by atoms with Crippen LogP contribution in [0.15, 0.2) is 5.38 Å². The van der Waals surface area contributed by atoms with Gasteiger partial charge >= 0.3 is 0 Å². The molecular formula is C8H14N4O3S2. The lowest BCUT2D eigenvalue weighted by Gasteiger charge is -2.02. The maximum Gasteiger partial charge on any atom is 0.226 e. The first kappa shape index (κ1) is 13.9. The molecule has 17 heavy (non-hydrogen) atoms. The molecule has 1 heterocycles.